The number of carbonyl (C=O) groups is 2. The standard InChI is InChI=1S/C16H24N2O4/c1-5-21-14(19)13(9-12-7-6-8-17-10-12)11-18-15(20)22-16(2,3)4/h6-8,10,13H,5,9,11H2,1-4H3,(H,18,20). The molecule has 1 atom stereocenters. The van der Waals surface area contributed by atoms with Gasteiger partial charge < -0.3 is 14.8 Å². The van der Waals surface area contributed by atoms with Crippen molar-refractivity contribution >= 4 is 12.1 Å². The summed E-state index contributed by atoms with van der Waals surface area (Å²) in [5, 5.41) is 2.62. The van der Waals surface area contributed by atoms with E-state index in [1.165, 1.54) is 0 Å². The largest absolute Gasteiger partial charge is 0.466 e. The van der Waals surface area contributed by atoms with E-state index in [1.807, 2.05) is 6.07 Å². The molecular weight excluding hydrogens is 284 g/mol. The van der Waals surface area contributed by atoms with E-state index in [4.69, 9.17) is 9.47 Å². The minimum atomic E-state index is -0.577. The Balaban J connectivity index is 2.62. The number of aromatic nitrogens is 1. The van der Waals surface area contributed by atoms with Crippen LogP contribution in [0.5, 0.6) is 0 Å². The molecule has 22 heavy (non-hydrogen) atoms. The molecule has 1 amide bonds. The fourth-order valence-corrected chi connectivity index (χ4v) is 1.82. The van der Waals surface area contributed by atoms with E-state index in [0.29, 0.717) is 13.0 Å². The molecule has 1 rings (SSSR count). The number of rotatable bonds is 6. The third-order valence-electron chi connectivity index (χ3n) is 2.72. The minimum Gasteiger partial charge on any atom is -0.466 e. The molecule has 0 saturated heterocycles. The maximum Gasteiger partial charge on any atom is 0.407 e. The molecule has 0 fully saturated rings. The predicted molar refractivity (Wildman–Crippen MR) is 82.3 cm³/mol. The molecule has 6 heteroatoms. The number of ether oxygens (including phenoxy) is 2. The highest BCUT2D eigenvalue weighted by atomic mass is 16.6. The van der Waals surface area contributed by atoms with Gasteiger partial charge in [0.05, 0.1) is 12.5 Å². The summed E-state index contributed by atoms with van der Waals surface area (Å²) in [5.74, 6) is -0.820. The molecule has 0 spiro atoms. The number of amides is 1. The molecule has 6 nitrogen and oxygen atoms in total. The van der Waals surface area contributed by atoms with E-state index in [2.05, 4.69) is 10.3 Å². The Bertz CT molecular complexity index is 483. The molecular formula is C16H24N2O4. The van der Waals surface area contributed by atoms with Crippen molar-refractivity contribution in [2.75, 3.05) is 13.2 Å². The fraction of sp³-hybridized carbons (Fsp3) is 0.562. The van der Waals surface area contributed by atoms with Crippen molar-refractivity contribution in [3.05, 3.63) is 30.1 Å². The molecule has 0 aliphatic heterocycles. The second kappa shape index (κ2) is 8.36. The molecule has 122 valence electrons. The summed E-state index contributed by atoms with van der Waals surface area (Å²) in [7, 11) is 0. The highest BCUT2D eigenvalue weighted by Gasteiger charge is 2.23. The molecule has 1 aromatic rings. The lowest BCUT2D eigenvalue weighted by molar-refractivity contribution is -0.147. The van der Waals surface area contributed by atoms with Gasteiger partial charge in [-0.3, -0.25) is 9.78 Å². The fourth-order valence-electron chi connectivity index (χ4n) is 1.82. The van der Waals surface area contributed by atoms with E-state index >= 15 is 0 Å². The zero-order valence-electron chi connectivity index (χ0n) is 13.6. The third-order valence-corrected chi connectivity index (χ3v) is 2.72. The van der Waals surface area contributed by atoms with Gasteiger partial charge in [0.2, 0.25) is 0 Å². The van der Waals surface area contributed by atoms with Gasteiger partial charge in [-0.1, -0.05) is 6.07 Å². The minimum absolute atomic E-state index is 0.155. The first-order valence-electron chi connectivity index (χ1n) is 7.34. The van der Waals surface area contributed by atoms with Gasteiger partial charge in [0.1, 0.15) is 5.60 Å². The number of hydrogen-bond acceptors (Lipinski definition) is 5. The van der Waals surface area contributed by atoms with Crippen LogP contribution in [0.4, 0.5) is 4.79 Å². The maximum atomic E-state index is 12.0. The number of hydrogen-bond donors (Lipinski definition) is 1. The van der Waals surface area contributed by atoms with Crippen molar-refractivity contribution < 1.29 is 19.1 Å². The van der Waals surface area contributed by atoms with Gasteiger partial charge in [-0.15, -0.1) is 0 Å². The molecule has 0 radical (unpaired) electrons. The average Bonchev–Trinajstić information content (AvgIpc) is 2.43. The molecule has 0 bridgehead atoms. The first kappa shape index (κ1) is 17.9. The first-order chi connectivity index (χ1) is 10.3. The van der Waals surface area contributed by atoms with Gasteiger partial charge in [0, 0.05) is 18.9 Å². The van der Waals surface area contributed by atoms with Crippen LogP contribution in [0.2, 0.25) is 0 Å². The zero-order valence-corrected chi connectivity index (χ0v) is 13.6. The molecule has 1 N–H and O–H groups in total. The average molecular weight is 308 g/mol. The summed E-state index contributed by atoms with van der Waals surface area (Å²) in [6.07, 6.45) is 3.26. The van der Waals surface area contributed by atoms with Crippen LogP contribution < -0.4 is 5.32 Å². The summed E-state index contributed by atoms with van der Waals surface area (Å²) < 4.78 is 10.2. The summed E-state index contributed by atoms with van der Waals surface area (Å²) >= 11 is 0. The topological polar surface area (TPSA) is 77.5 Å². The molecule has 1 unspecified atom stereocenters. The Morgan fingerprint density at radius 1 is 1.36 bits per heavy atom. The molecule has 0 aromatic carbocycles. The van der Waals surface area contributed by atoms with Gasteiger partial charge in [-0.2, -0.15) is 0 Å². The van der Waals surface area contributed by atoms with Gasteiger partial charge in [0.25, 0.3) is 0 Å². The number of alkyl carbamates (subject to hydrolysis) is 1. The van der Waals surface area contributed by atoms with Gasteiger partial charge >= 0.3 is 12.1 Å². The Morgan fingerprint density at radius 3 is 2.64 bits per heavy atom. The van der Waals surface area contributed by atoms with Crippen LogP contribution >= 0.6 is 0 Å². The summed E-state index contributed by atoms with van der Waals surface area (Å²) in [6, 6.07) is 3.69. The van der Waals surface area contributed by atoms with Crippen LogP contribution in [0.15, 0.2) is 24.5 Å². The Morgan fingerprint density at radius 2 is 2.09 bits per heavy atom. The van der Waals surface area contributed by atoms with Crippen LogP contribution in [-0.4, -0.2) is 35.8 Å². The number of carbonyl (C=O) groups excluding carboxylic acids is 2. The third kappa shape index (κ3) is 7.06. The quantitative estimate of drug-likeness (QED) is 0.816. The smallest absolute Gasteiger partial charge is 0.407 e. The van der Waals surface area contributed by atoms with E-state index in [-0.39, 0.29) is 12.5 Å². The van der Waals surface area contributed by atoms with Crippen molar-refractivity contribution in [3.63, 3.8) is 0 Å². The van der Waals surface area contributed by atoms with Gasteiger partial charge in [-0.25, -0.2) is 4.79 Å². The summed E-state index contributed by atoms with van der Waals surface area (Å²) in [6.45, 7) is 7.55. The van der Waals surface area contributed by atoms with E-state index < -0.39 is 17.6 Å². The molecule has 1 heterocycles. The van der Waals surface area contributed by atoms with E-state index in [1.54, 1.807) is 46.2 Å². The number of nitrogens with zero attached hydrogens (tertiary/aromatic N) is 1. The van der Waals surface area contributed by atoms with E-state index in [0.717, 1.165) is 5.56 Å². The molecule has 0 aliphatic carbocycles. The second-order valence-corrected chi connectivity index (χ2v) is 5.90. The van der Waals surface area contributed by atoms with Gasteiger partial charge in [0.15, 0.2) is 0 Å². The number of pyridine rings is 1. The highest BCUT2D eigenvalue weighted by molar-refractivity contribution is 5.74. The van der Waals surface area contributed by atoms with Crippen LogP contribution in [0.1, 0.15) is 33.3 Å². The zero-order chi connectivity index (χ0) is 16.6. The van der Waals surface area contributed by atoms with Crippen LogP contribution in [-0.2, 0) is 20.7 Å². The first-order valence-corrected chi connectivity index (χ1v) is 7.34. The Hall–Kier alpha value is -2.11. The van der Waals surface area contributed by atoms with Crippen molar-refractivity contribution in [1.82, 2.24) is 10.3 Å². The maximum absolute atomic E-state index is 12.0. The number of esters is 1. The summed E-state index contributed by atoms with van der Waals surface area (Å²) in [5.41, 5.74) is 0.332. The predicted octanol–water partition coefficient (Wildman–Crippen LogP) is 2.33. The SMILES string of the molecule is CCOC(=O)C(CNC(=O)OC(C)(C)C)Cc1cccnc1. The normalized spacial score (nSPS) is 12.4. The molecule has 0 aliphatic rings. The van der Waals surface area contributed by atoms with Crippen LogP contribution in [0, 0.1) is 5.92 Å². The Labute approximate surface area is 131 Å². The van der Waals surface area contributed by atoms with Crippen LogP contribution in [0.25, 0.3) is 0 Å². The highest BCUT2D eigenvalue weighted by Crippen LogP contribution is 2.11. The lowest BCUT2D eigenvalue weighted by Crippen LogP contribution is -2.38. The van der Waals surface area contributed by atoms with E-state index in [9.17, 15) is 9.59 Å². The lowest BCUT2D eigenvalue weighted by atomic mass is 10.0. The monoisotopic (exact) mass is 308 g/mol. The Kier molecular flexibility index (Phi) is 6.82. The second-order valence-electron chi connectivity index (χ2n) is 5.90. The lowest BCUT2D eigenvalue weighted by Gasteiger charge is -2.21. The number of nitrogens with one attached hydrogen (secondary N) is 1. The molecule has 1 aromatic heterocycles. The molecule has 0 saturated carbocycles. The van der Waals surface area contributed by atoms with Crippen LogP contribution in [0.3, 0.4) is 0 Å². The van der Waals surface area contributed by atoms with Gasteiger partial charge in [-0.05, 0) is 45.7 Å². The van der Waals surface area contributed by atoms with Crippen molar-refractivity contribution in [2.45, 2.75) is 39.7 Å². The van der Waals surface area contributed by atoms with Crippen molar-refractivity contribution in [3.8, 4) is 0 Å². The van der Waals surface area contributed by atoms with Crippen molar-refractivity contribution in [2.24, 2.45) is 5.92 Å². The summed E-state index contributed by atoms with van der Waals surface area (Å²) in [4.78, 5) is 27.7. The van der Waals surface area contributed by atoms with Crippen molar-refractivity contribution in [1.29, 1.82) is 0 Å².